The first-order valence-corrected chi connectivity index (χ1v) is 8.87. The molecule has 1 aliphatic heterocycles. The van der Waals surface area contributed by atoms with Gasteiger partial charge in [0.2, 0.25) is 5.91 Å². The quantitative estimate of drug-likeness (QED) is 0.682. The van der Waals surface area contributed by atoms with Gasteiger partial charge in [0.25, 0.3) is 5.89 Å². The van der Waals surface area contributed by atoms with E-state index < -0.39 is 0 Å². The standard InChI is InChI=1S/C20H18ClN3O2/c1-12-5-3-4-6-16(12)20-22-19(23-26-20)14-10-18(25)24(11-14)15-7-8-17(21)13(2)9-15/h3-9,14H,10-11H2,1-2H3. The molecule has 1 fully saturated rings. The molecule has 1 unspecified atom stereocenters. The van der Waals surface area contributed by atoms with Crippen LogP contribution in [0.25, 0.3) is 11.5 Å². The minimum absolute atomic E-state index is 0.0546. The van der Waals surface area contributed by atoms with Crippen LogP contribution in [0.15, 0.2) is 47.0 Å². The second-order valence-corrected chi connectivity index (χ2v) is 7.02. The molecule has 2 aromatic carbocycles. The minimum Gasteiger partial charge on any atom is -0.334 e. The van der Waals surface area contributed by atoms with E-state index >= 15 is 0 Å². The van der Waals surface area contributed by atoms with Gasteiger partial charge in [-0.3, -0.25) is 4.79 Å². The van der Waals surface area contributed by atoms with Gasteiger partial charge < -0.3 is 9.42 Å². The molecule has 4 rings (SSSR count). The predicted molar refractivity (Wildman–Crippen MR) is 100 cm³/mol. The summed E-state index contributed by atoms with van der Waals surface area (Å²) >= 11 is 6.09. The molecule has 0 aliphatic carbocycles. The molecule has 26 heavy (non-hydrogen) atoms. The lowest BCUT2D eigenvalue weighted by Gasteiger charge is -2.17. The zero-order valence-electron chi connectivity index (χ0n) is 14.6. The van der Waals surface area contributed by atoms with Crippen molar-refractivity contribution in [3.05, 3.63) is 64.4 Å². The van der Waals surface area contributed by atoms with Gasteiger partial charge in [-0.15, -0.1) is 0 Å². The molecule has 1 aromatic heterocycles. The molecule has 0 bridgehead atoms. The van der Waals surface area contributed by atoms with Gasteiger partial charge >= 0.3 is 0 Å². The SMILES string of the molecule is Cc1cc(N2CC(c3noc(-c4ccccc4C)n3)CC2=O)ccc1Cl. The fraction of sp³-hybridized carbons (Fsp3) is 0.250. The number of hydrogen-bond acceptors (Lipinski definition) is 4. The van der Waals surface area contributed by atoms with Crippen LogP contribution in [-0.2, 0) is 4.79 Å². The number of anilines is 1. The summed E-state index contributed by atoms with van der Waals surface area (Å²) in [4.78, 5) is 18.8. The van der Waals surface area contributed by atoms with Crippen molar-refractivity contribution in [1.29, 1.82) is 0 Å². The predicted octanol–water partition coefficient (Wildman–Crippen LogP) is 4.53. The normalized spacial score (nSPS) is 17.1. The van der Waals surface area contributed by atoms with E-state index in [9.17, 15) is 4.79 Å². The van der Waals surface area contributed by atoms with E-state index in [-0.39, 0.29) is 11.8 Å². The lowest BCUT2D eigenvalue weighted by Crippen LogP contribution is -2.24. The van der Waals surface area contributed by atoms with Gasteiger partial charge in [-0.25, -0.2) is 0 Å². The highest BCUT2D eigenvalue weighted by molar-refractivity contribution is 6.31. The maximum Gasteiger partial charge on any atom is 0.258 e. The van der Waals surface area contributed by atoms with Crippen molar-refractivity contribution < 1.29 is 9.32 Å². The Morgan fingerprint density at radius 3 is 2.73 bits per heavy atom. The van der Waals surface area contributed by atoms with Crippen molar-refractivity contribution in [1.82, 2.24) is 10.1 Å². The molecule has 1 aliphatic rings. The molecular weight excluding hydrogens is 350 g/mol. The Kier molecular flexibility index (Phi) is 4.24. The molecule has 132 valence electrons. The summed E-state index contributed by atoms with van der Waals surface area (Å²) in [6.07, 6.45) is 0.369. The Hall–Kier alpha value is -2.66. The van der Waals surface area contributed by atoms with Crippen LogP contribution in [0.1, 0.15) is 29.3 Å². The number of aromatic nitrogens is 2. The first-order valence-electron chi connectivity index (χ1n) is 8.49. The summed E-state index contributed by atoms with van der Waals surface area (Å²) in [6, 6.07) is 13.5. The van der Waals surface area contributed by atoms with Crippen LogP contribution in [0.3, 0.4) is 0 Å². The Balaban J connectivity index is 1.58. The minimum atomic E-state index is -0.0833. The second-order valence-electron chi connectivity index (χ2n) is 6.61. The van der Waals surface area contributed by atoms with Crippen LogP contribution in [0.4, 0.5) is 5.69 Å². The van der Waals surface area contributed by atoms with E-state index in [0.29, 0.717) is 29.7 Å². The molecule has 0 N–H and O–H groups in total. The van der Waals surface area contributed by atoms with Crippen LogP contribution >= 0.6 is 11.6 Å². The Labute approximate surface area is 156 Å². The van der Waals surface area contributed by atoms with Crippen molar-refractivity contribution in [2.24, 2.45) is 0 Å². The third kappa shape index (κ3) is 2.99. The van der Waals surface area contributed by atoms with Crippen molar-refractivity contribution in [2.45, 2.75) is 26.2 Å². The summed E-state index contributed by atoms with van der Waals surface area (Å²) in [7, 11) is 0. The third-order valence-electron chi connectivity index (χ3n) is 4.76. The van der Waals surface area contributed by atoms with Crippen molar-refractivity contribution in [3.8, 4) is 11.5 Å². The van der Waals surface area contributed by atoms with Crippen LogP contribution in [0.2, 0.25) is 5.02 Å². The second kappa shape index (κ2) is 6.57. The Bertz CT molecular complexity index is 983. The first kappa shape index (κ1) is 16.8. The highest BCUT2D eigenvalue weighted by Gasteiger charge is 2.34. The molecule has 0 spiro atoms. The molecule has 0 saturated carbocycles. The first-order chi connectivity index (χ1) is 12.5. The van der Waals surface area contributed by atoms with Crippen molar-refractivity contribution >= 4 is 23.2 Å². The molecule has 6 heteroatoms. The zero-order chi connectivity index (χ0) is 18.3. The number of halogens is 1. The summed E-state index contributed by atoms with van der Waals surface area (Å²) in [5, 5.41) is 4.82. The highest BCUT2D eigenvalue weighted by Crippen LogP contribution is 2.33. The van der Waals surface area contributed by atoms with E-state index in [1.165, 1.54) is 0 Å². The van der Waals surface area contributed by atoms with E-state index in [1.807, 2.05) is 56.3 Å². The number of benzene rings is 2. The number of aryl methyl sites for hydroxylation is 2. The van der Waals surface area contributed by atoms with Gasteiger partial charge in [-0.1, -0.05) is 35.0 Å². The molecule has 1 saturated heterocycles. The zero-order valence-corrected chi connectivity index (χ0v) is 15.3. The summed E-state index contributed by atoms with van der Waals surface area (Å²) < 4.78 is 5.45. The molecule has 5 nitrogen and oxygen atoms in total. The number of hydrogen-bond donors (Lipinski definition) is 0. The Morgan fingerprint density at radius 1 is 1.15 bits per heavy atom. The number of rotatable bonds is 3. The van der Waals surface area contributed by atoms with Gasteiger partial charge in [0.1, 0.15) is 0 Å². The fourth-order valence-corrected chi connectivity index (χ4v) is 3.37. The fourth-order valence-electron chi connectivity index (χ4n) is 3.25. The summed E-state index contributed by atoms with van der Waals surface area (Å²) in [5.74, 6) is 1.04. The number of amides is 1. The molecule has 1 atom stereocenters. The smallest absolute Gasteiger partial charge is 0.258 e. The van der Waals surface area contributed by atoms with Crippen molar-refractivity contribution in [2.75, 3.05) is 11.4 Å². The maximum absolute atomic E-state index is 12.5. The lowest BCUT2D eigenvalue weighted by atomic mass is 10.1. The summed E-state index contributed by atoms with van der Waals surface area (Å²) in [5.41, 5.74) is 3.79. The van der Waals surface area contributed by atoms with Gasteiger partial charge in [-0.2, -0.15) is 4.98 Å². The van der Waals surface area contributed by atoms with Gasteiger partial charge in [0.15, 0.2) is 5.82 Å². The molecular formula is C20H18ClN3O2. The molecule has 1 amide bonds. The average Bonchev–Trinajstić information content (AvgIpc) is 3.25. The lowest BCUT2D eigenvalue weighted by molar-refractivity contribution is -0.117. The monoisotopic (exact) mass is 367 g/mol. The van der Waals surface area contributed by atoms with Crippen LogP contribution in [0, 0.1) is 13.8 Å². The van der Waals surface area contributed by atoms with E-state index in [4.69, 9.17) is 16.1 Å². The number of nitrogens with zero attached hydrogens (tertiary/aromatic N) is 3. The van der Waals surface area contributed by atoms with Gasteiger partial charge in [-0.05, 0) is 49.2 Å². The molecule has 3 aromatic rings. The van der Waals surface area contributed by atoms with E-state index in [0.717, 1.165) is 22.4 Å². The van der Waals surface area contributed by atoms with Crippen LogP contribution in [-0.4, -0.2) is 22.6 Å². The van der Waals surface area contributed by atoms with Gasteiger partial charge in [0.05, 0.1) is 0 Å². The molecule has 0 radical (unpaired) electrons. The van der Waals surface area contributed by atoms with Gasteiger partial charge in [0, 0.05) is 35.2 Å². The highest BCUT2D eigenvalue weighted by atomic mass is 35.5. The van der Waals surface area contributed by atoms with Crippen LogP contribution < -0.4 is 4.90 Å². The van der Waals surface area contributed by atoms with Crippen molar-refractivity contribution in [3.63, 3.8) is 0 Å². The average molecular weight is 368 g/mol. The summed E-state index contributed by atoms with van der Waals surface area (Å²) in [6.45, 7) is 4.47. The topological polar surface area (TPSA) is 59.2 Å². The largest absolute Gasteiger partial charge is 0.334 e. The number of carbonyl (C=O) groups is 1. The molecule has 2 heterocycles. The Morgan fingerprint density at radius 2 is 1.96 bits per heavy atom. The number of carbonyl (C=O) groups excluding carboxylic acids is 1. The third-order valence-corrected chi connectivity index (χ3v) is 5.18. The van der Waals surface area contributed by atoms with E-state index in [1.54, 1.807) is 4.90 Å². The maximum atomic E-state index is 12.5. The van der Waals surface area contributed by atoms with E-state index in [2.05, 4.69) is 10.1 Å². The van der Waals surface area contributed by atoms with Crippen LogP contribution in [0.5, 0.6) is 0 Å².